The standard InChI is InChI=1S/C13H20N2O/c14-13-8-12(16)11(9-15-13)5-3-1-2-4-10-6-7-10/h8-10H,1-7H2,(H3,14,15,16). The van der Waals surface area contributed by atoms with Crippen molar-refractivity contribution in [3.05, 3.63) is 28.0 Å². The Morgan fingerprint density at radius 3 is 2.81 bits per heavy atom. The predicted octanol–water partition coefficient (Wildman–Crippen LogP) is 2.47. The van der Waals surface area contributed by atoms with Gasteiger partial charge in [-0.15, -0.1) is 0 Å². The van der Waals surface area contributed by atoms with Gasteiger partial charge in [0.2, 0.25) is 0 Å². The molecule has 3 nitrogen and oxygen atoms in total. The average molecular weight is 220 g/mol. The summed E-state index contributed by atoms with van der Waals surface area (Å²) in [6.45, 7) is 0. The van der Waals surface area contributed by atoms with Gasteiger partial charge < -0.3 is 10.7 Å². The number of nitrogen functional groups attached to an aromatic ring is 1. The summed E-state index contributed by atoms with van der Waals surface area (Å²) < 4.78 is 0. The summed E-state index contributed by atoms with van der Waals surface area (Å²) in [5, 5.41) is 0. The van der Waals surface area contributed by atoms with Gasteiger partial charge in [-0.25, -0.2) is 0 Å². The Kier molecular flexibility index (Phi) is 3.65. The normalized spacial score (nSPS) is 15.2. The van der Waals surface area contributed by atoms with Gasteiger partial charge in [-0.3, -0.25) is 4.79 Å². The van der Waals surface area contributed by atoms with E-state index in [4.69, 9.17) is 5.73 Å². The highest BCUT2D eigenvalue weighted by molar-refractivity contribution is 5.29. The first-order valence-electron chi connectivity index (χ1n) is 6.23. The number of nitrogens with two attached hydrogens (primary N) is 1. The molecule has 0 bridgehead atoms. The number of anilines is 1. The van der Waals surface area contributed by atoms with Gasteiger partial charge in [-0.2, -0.15) is 0 Å². The fourth-order valence-corrected chi connectivity index (χ4v) is 2.04. The predicted molar refractivity (Wildman–Crippen MR) is 66.4 cm³/mol. The molecular weight excluding hydrogens is 200 g/mol. The van der Waals surface area contributed by atoms with Crippen LogP contribution in [0.3, 0.4) is 0 Å². The number of aryl methyl sites for hydroxylation is 1. The molecule has 16 heavy (non-hydrogen) atoms. The lowest BCUT2D eigenvalue weighted by molar-refractivity contribution is 0.602. The summed E-state index contributed by atoms with van der Waals surface area (Å²) in [7, 11) is 0. The summed E-state index contributed by atoms with van der Waals surface area (Å²) in [6, 6.07) is 1.47. The average Bonchev–Trinajstić information content (AvgIpc) is 3.04. The van der Waals surface area contributed by atoms with Crippen LogP contribution in [0.15, 0.2) is 17.1 Å². The third kappa shape index (κ3) is 3.40. The molecule has 1 aliphatic carbocycles. The molecule has 0 unspecified atom stereocenters. The minimum absolute atomic E-state index is 0.0680. The lowest BCUT2D eigenvalue weighted by Gasteiger charge is -2.01. The van der Waals surface area contributed by atoms with Crippen LogP contribution in [0.25, 0.3) is 0 Å². The Labute approximate surface area is 96.1 Å². The highest BCUT2D eigenvalue weighted by Crippen LogP contribution is 2.34. The van der Waals surface area contributed by atoms with E-state index in [9.17, 15) is 4.79 Å². The van der Waals surface area contributed by atoms with E-state index in [1.54, 1.807) is 6.20 Å². The van der Waals surface area contributed by atoms with Crippen molar-refractivity contribution in [1.82, 2.24) is 4.98 Å². The molecule has 1 aliphatic rings. The summed E-state index contributed by atoms with van der Waals surface area (Å²) in [6.07, 6.45) is 10.6. The summed E-state index contributed by atoms with van der Waals surface area (Å²) in [5.74, 6) is 1.47. The highest BCUT2D eigenvalue weighted by Gasteiger charge is 2.19. The zero-order chi connectivity index (χ0) is 11.4. The van der Waals surface area contributed by atoms with Crippen LogP contribution in [0.1, 0.15) is 44.1 Å². The molecule has 3 N–H and O–H groups in total. The molecule has 88 valence electrons. The Hall–Kier alpha value is -1.25. The number of unbranched alkanes of at least 4 members (excludes halogenated alkanes) is 2. The first-order valence-corrected chi connectivity index (χ1v) is 6.23. The van der Waals surface area contributed by atoms with Crippen molar-refractivity contribution < 1.29 is 0 Å². The maximum Gasteiger partial charge on any atom is 0.186 e. The largest absolute Gasteiger partial charge is 0.385 e. The van der Waals surface area contributed by atoms with Crippen LogP contribution in [0.5, 0.6) is 0 Å². The molecule has 1 heterocycles. The maximum atomic E-state index is 11.5. The second-order valence-corrected chi connectivity index (χ2v) is 4.82. The SMILES string of the molecule is Nc1cc(=O)c(CCCCCC2CC2)c[nH]1. The van der Waals surface area contributed by atoms with Gasteiger partial charge >= 0.3 is 0 Å². The van der Waals surface area contributed by atoms with Crippen LogP contribution < -0.4 is 11.2 Å². The zero-order valence-electron chi connectivity index (χ0n) is 9.67. The topological polar surface area (TPSA) is 58.9 Å². The second kappa shape index (κ2) is 5.19. The molecule has 0 aromatic carbocycles. The Morgan fingerprint density at radius 2 is 2.12 bits per heavy atom. The van der Waals surface area contributed by atoms with E-state index in [2.05, 4.69) is 4.98 Å². The van der Waals surface area contributed by atoms with Gasteiger partial charge in [0.15, 0.2) is 5.43 Å². The van der Waals surface area contributed by atoms with Crippen molar-refractivity contribution in [3.63, 3.8) is 0 Å². The van der Waals surface area contributed by atoms with Crippen LogP contribution in [0.2, 0.25) is 0 Å². The van der Waals surface area contributed by atoms with E-state index in [0.717, 1.165) is 24.3 Å². The first kappa shape index (κ1) is 11.2. The molecule has 0 amide bonds. The lowest BCUT2D eigenvalue weighted by Crippen LogP contribution is -2.10. The van der Waals surface area contributed by atoms with E-state index in [0.29, 0.717) is 5.82 Å². The van der Waals surface area contributed by atoms with Crippen LogP contribution in [-0.4, -0.2) is 4.98 Å². The van der Waals surface area contributed by atoms with Crippen molar-refractivity contribution in [2.24, 2.45) is 5.92 Å². The molecule has 1 aromatic heterocycles. The molecule has 2 rings (SSSR count). The van der Waals surface area contributed by atoms with Crippen LogP contribution in [-0.2, 0) is 6.42 Å². The molecule has 0 atom stereocenters. The molecule has 0 saturated heterocycles. The molecule has 1 fully saturated rings. The zero-order valence-corrected chi connectivity index (χ0v) is 9.67. The van der Waals surface area contributed by atoms with Gasteiger partial charge in [0.25, 0.3) is 0 Å². The quantitative estimate of drug-likeness (QED) is 0.723. The molecule has 0 radical (unpaired) electrons. The highest BCUT2D eigenvalue weighted by atomic mass is 16.1. The number of hydrogen-bond donors (Lipinski definition) is 2. The van der Waals surface area contributed by atoms with E-state index in [-0.39, 0.29) is 5.43 Å². The van der Waals surface area contributed by atoms with Crippen molar-refractivity contribution in [3.8, 4) is 0 Å². The number of hydrogen-bond acceptors (Lipinski definition) is 2. The van der Waals surface area contributed by atoms with Gasteiger partial charge in [-0.1, -0.05) is 32.1 Å². The van der Waals surface area contributed by atoms with Gasteiger partial charge in [-0.05, 0) is 18.8 Å². The Bertz CT molecular complexity index is 393. The third-order valence-corrected chi connectivity index (χ3v) is 3.27. The number of pyridine rings is 1. The summed E-state index contributed by atoms with van der Waals surface area (Å²) >= 11 is 0. The summed E-state index contributed by atoms with van der Waals surface area (Å²) in [5.41, 5.74) is 6.42. The number of rotatable bonds is 6. The Balaban J connectivity index is 1.69. The van der Waals surface area contributed by atoms with E-state index in [1.807, 2.05) is 0 Å². The van der Waals surface area contributed by atoms with E-state index < -0.39 is 0 Å². The third-order valence-electron chi connectivity index (χ3n) is 3.27. The number of aromatic nitrogens is 1. The maximum absolute atomic E-state index is 11.5. The van der Waals surface area contributed by atoms with E-state index >= 15 is 0 Å². The van der Waals surface area contributed by atoms with Gasteiger partial charge in [0.05, 0.1) is 0 Å². The second-order valence-electron chi connectivity index (χ2n) is 4.82. The van der Waals surface area contributed by atoms with Crippen LogP contribution >= 0.6 is 0 Å². The van der Waals surface area contributed by atoms with Gasteiger partial charge in [0, 0.05) is 17.8 Å². The van der Waals surface area contributed by atoms with Crippen molar-refractivity contribution in [1.29, 1.82) is 0 Å². The Morgan fingerprint density at radius 1 is 1.31 bits per heavy atom. The van der Waals surface area contributed by atoms with Crippen LogP contribution in [0.4, 0.5) is 5.82 Å². The molecule has 3 heteroatoms. The summed E-state index contributed by atoms with van der Waals surface area (Å²) in [4.78, 5) is 14.4. The fraction of sp³-hybridized carbons (Fsp3) is 0.615. The van der Waals surface area contributed by atoms with Crippen molar-refractivity contribution >= 4 is 5.82 Å². The number of aromatic amines is 1. The first-order chi connectivity index (χ1) is 7.75. The minimum atomic E-state index is 0.0680. The van der Waals surface area contributed by atoms with E-state index in [1.165, 1.54) is 38.2 Å². The molecule has 0 spiro atoms. The molecule has 1 aromatic rings. The van der Waals surface area contributed by atoms with Gasteiger partial charge in [0.1, 0.15) is 5.82 Å². The lowest BCUT2D eigenvalue weighted by atomic mass is 10.1. The monoisotopic (exact) mass is 220 g/mol. The number of nitrogens with one attached hydrogen (secondary N) is 1. The van der Waals surface area contributed by atoms with Crippen molar-refractivity contribution in [2.75, 3.05) is 5.73 Å². The number of H-pyrrole nitrogens is 1. The minimum Gasteiger partial charge on any atom is -0.385 e. The fourth-order valence-electron chi connectivity index (χ4n) is 2.04. The molecule has 0 aliphatic heterocycles. The molecular formula is C13H20N2O. The smallest absolute Gasteiger partial charge is 0.186 e. The van der Waals surface area contributed by atoms with Crippen molar-refractivity contribution in [2.45, 2.75) is 44.9 Å². The molecule has 1 saturated carbocycles. The van der Waals surface area contributed by atoms with Crippen LogP contribution in [0, 0.1) is 5.92 Å².